The maximum absolute atomic E-state index is 4.97. The molecule has 1 N–H and O–H groups in total. The van der Waals surface area contributed by atoms with E-state index in [2.05, 4.69) is 66.0 Å². The van der Waals surface area contributed by atoms with Gasteiger partial charge >= 0.3 is 0 Å². The molecule has 118 valence electrons. The molecule has 2 atom stereocenters. The van der Waals surface area contributed by atoms with Crippen molar-refractivity contribution in [1.29, 1.82) is 0 Å². The second-order valence-electron chi connectivity index (χ2n) is 6.36. The van der Waals surface area contributed by atoms with Crippen molar-refractivity contribution in [3.63, 3.8) is 0 Å². The Hall–Kier alpha value is -1.74. The molecular formula is C20H22N2S. The predicted molar refractivity (Wildman–Crippen MR) is 98.9 cm³/mol. The summed E-state index contributed by atoms with van der Waals surface area (Å²) in [4.78, 5) is 4.97. The van der Waals surface area contributed by atoms with Crippen LogP contribution >= 0.6 is 11.8 Å². The summed E-state index contributed by atoms with van der Waals surface area (Å²) in [6.45, 7) is 0. The zero-order valence-electron chi connectivity index (χ0n) is 13.2. The van der Waals surface area contributed by atoms with Crippen LogP contribution in [0.5, 0.6) is 0 Å². The summed E-state index contributed by atoms with van der Waals surface area (Å²) in [6.07, 6.45) is 5.16. The Labute approximate surface area is 142 Å². The van der Waals surface area contributed by atoms with Gasteiger partial charge in [-0.25, -0.2) is 0 Å². The van der Waals surface area contributed by atoms with Gasteiger partial charge in [-0.15, -0.1) is 0 Å². The third kappa shape index (κ3) is 3.30. The van der Waals surface area contributed by atoms with E-state index in [0.29, 0.717) is 17.3 Å². The van der Waals surface area contributed by atoms with Crippen LogP contribution in [-0.2, 0) is 0 Å². The van der Waals surface area contributed by atoms with Gasteiger partial charge in [0.15, 0.2) is 5.17 Å². The van der Waals surface area contributed by atoms with Crippen molar-refractivity contribution in [1.82, 2.24) is 5.32 Å². The Morgan fingerprint density at radius 2 is 1.48 bits per heavy atom. The Bertz CT molecular complexity index is 629. The molecular weight excluding hydrogens is 300 g/mol. The van der Waals surface area contributed by atoms with Crippen molar-refractivity contribution in [3.05, 3.63) is 71.8 Å². The molecule has 1 saturated carbocycles. The van der Waals surface area contributed by atoms with Crippen LogP contribution in [0.25, 0.3) is 0 Å². The average molecular weight is 322 g/mol. The summed E-state index contributed by atoms with van der Waals surface area (Å²) < 4.78 is 0. The summed E-state index contributed by atoms with van der Waals surface area (Å²) in [5, 5.41) is 5.10. The summed E-state index contributed by atoms with van der Waals surface area (Å²) in [6, 6.07) is 22.6. The first-order chi connectivity index (χ1) is 11.4. The number of aliphatic imine (C=N–C) groups is 1. The number of thioether (sulfide) groups is 1. The lowest BCUT2D eigenvalue weighted by atomic mass is 9.92. The minimum absolute atomic E-state index is 0.295. The molecule has 2 aromatic rings. The van der Waals surface area contributed by atoms with Crippen LogP contribution in [0, 0.1) is 0 Å². The number of nitrogens with one attached hydrogen (secondary N) is 1. The Balaban J connectivity index is 1.59. The SMILES string of the molecule is c1ccc(C(SC2=N[C@@H]3CCCC[C@H]3N2)c2ccccc2)cc1. The lowest BCUT2D eigenvalue weighted by Gasteiger charge is -2.23. The molecule has 2 aromatic carbocycles. The number of hydrogen-bond donors (Lipinski definition) is 1. The number of hydrogen-bond acceptors (Lipinski definition) is 3. The predicted octanol–water partition coefficient (Wildman–Crippen LogP) is 4.78. The van der Waals surface area contributed by atoms with Gasteiger partial charge in [0.1, 0.15) is 0 Å². The Morgan fingerprint density at radius 3 is 2.09 bits per heavy atom. The van der Waals surface area contributed by atoms with E-state index in [4.69, 9.17) is 4.99 Å². The van der Waals surface area contributed by atoms with E-state index in [-0.39, 0.29) is 0 Å². The molecule has 3 heteroatoms. The lowest BCUT2D eigenvalue weighted by molar-refractivity contribution is 0.385. The highest BCUT2D eigenvalue weighted by Crippen LogP contribution is 2.38. The van der Waals surface area contributed by atoms with Crippen molar-refractivity contribution in [3.8, 4) is 0 Å². The molecule has 23 heavy (non-hydrogen) atoms. The summed E-state index contributed by atoms with van der Waals surface area (Å²) >= 11 is 1.86. The first-order valence-electron chi connectivity index (χ1n) is 8.51. The van der Waals surface area contributed by atoms with Gasteiger partial charge in [0.2, 0.25) is 0 Å². The Kier molecular flexibility index (Phi) is 4.38. The van der Waals surface area contributed by atoms with E-state index in [1.165, 1.54) is 36.8 Å². The number of rotatable bonds is 3. The van der Waals surface area contributed by atoms with Crippen LogP contribution in [0.2, 0.25) is 0 Å². The largest absolute Gasteiger partial charge is 0.360 e. The van der Waals surface area contributed by atoms with Crippen molar-refractivity contribution in [2.75, 3.05) is 0 Å². The van der Waals surface area contributed by atoms with Gasteiger partial charge < -0.3 is 5.32 Å². The fourth-order valence-electron chi connectivity index (χ4n) is 3.54. The highest BCUT2D eigenvalue weighted by atomic mass is 32.2. The van der Waals surface area contributed by atoms with Crippen molar-refractivity contribution in [2.45, 2.75) is 43.0 Å². The van der Waals surface area contributed by atoms with Gasteiger partial charge in [0, 0.05) is 0 Å². The second kappa shape index (κ2) is 6.79. The third-order valence-corrected chi connectivity index (χ3v) is 5.98. The zero-order valence-corrected chi connectivity index (χ0v) is 14.0. The van der Waals surface area contributed by atoms with Gasteiger partial charge in [0.25, 0.3) is 0 Å². The van der Waals surface area contributed by atoms with Crippen molar-refractivity contribution < 1.29 is 0 Å². The molecule has 0 bridgehead atoms. The number of nitrogens with zero attached hydrogens (tertiary/aromatic N) is 1. The Morgan fingerprint density at radius 1 is 0.870 bits per heavy atom. The molecule has 2 nitrogen and oxygen atoms in total. The van der Waals surface area contributed by atoms with Gasteiger partial charge in [-0.05, 0) is 24.0 Å². The van der Waals surface area contributed by atoms with Crippen LogP contribution in [0.15, 0.2) is 65.7 Å². The highest BCUT2D eigenvalue weighted by Gasteiger charge is 2.32. The molecule has 1 heterocycles. The molecule has 0 unspecified atom stereocenters. The monoisotopic (exact) mass is 322 g/mol. The lowest BCUT2D eigenvalue weighted by Crippen LogP contribution is -2.36. The van der Waals surface area contributed by atoms with Gasteiger partial charge in [-0.1, -0.05) is 85.3 Å². The van der Waals surface area contributed by atoms with Gasteiger partial charge in [-0.3, -0.25) is 4.99 Å². The molecule has 4 rings (SSSR count). The fourth-order valence-corrected chi connectivity index (χ4v) is 4.77. The maximum Gasteiger partial charge on any atom is 0.158 e. The normalized spacial score (nSPS) is 23.3. The number of benzene rings is 2. The van der Waals surface area contributed by atoms with Gasteiger partial charge in [-0.2, -0.15) is 0 Å². The van der Waals surface area contributed by atoms with Gasteiger partial charge in [0.05, 0.1) is 17.3 Å². The quantitative estimate of drug-likeness (QED) is 0.879. The molecule has 0 amide bonds. The second-order valence-corrected chi connectivity index (χ2v) is 7.45. The first-order valence-corrected chi connectivity index (χ1v) is 9.39. The van der Waals surface area contributed by atoms with E-state index in [1.807, 2.05) is 11.8 Å². The topological polar surface area (TPSA) is 24.4 Å². The molecule has 2 aliphatic rings. The standard InChI is InChI=1S/C20H22N2S/c1-3-9-15(10-4-1)19(16-11-5-2-6-12-16)23-20-21-17-13-7-8-14-18(17)22-20/h1-6,9-12,17-19H,7-8,13-14H2,(H,21,22)/t17-,18-/m1/s1. The van der Waals surface area contributed by atoms with Crippen LogP contribution in [0.3, 0.4) is 0 Å². The van der Waals surface area contributed by atoms with Crippen LogP contribution in [0.1, 0.15) is 42.1 Å². The molecule has 0 radical (unpaired) electrons. The zero-order chi connectivity index (χ0) is 15.5. The highest BCUT2D eigenvalue weighted by molar-refractivity contribution is 8.14. The van der Waals surface area contributed by atoms with E-state index >= 15 is 0 Å². The van der Waals surface area contributed by atoms with Crippen LogP contribution in [-0.4, -0.2) is 17.3 Å². The van der Waals surface area contributed by atoms with Crippen molar-refractivity contribution in [2.24, 2.45) is 4.99 Å². The minimum atomic E-state index is 0.295. The first kappa shape index (κ1) is 14.8. The van der Waals surface area contributed by atoms with Crippen molar-refractivity contribution >= 4 is 16.9 Å². The summed E-state index contributed by atoms with van der Waals surface area (Å²) in [5.74, 6) is 0. The number of amidine groups is 1. The van der Waals surface area contributed by atoms with E-state index in [9.17, 15) is 0 Å². The van der Waals surface area contributed by atoms with E-state index in [1.54, 1.807) is 0 Å². The summed E-state index contributed by atoms with van der Waals surface area (Å²) in [7, 11) is 0. The minimum Gasteiger partial charge on any atom is -0.360 e. The molecule has 1 aliphatic carbocycles. The molecule has 1 aliphatic heterocycles. The van der Waals surface area contributed by atoms with E-state index in [0.717, 1.165) is 5.17 Å². The average Bonchev–Trinajstić information content (AvgIpc) is 3.04. The summed E-state index contributed by atoms with van der Waals surface area (Å²) in [5.41, 5.74) is 2.67. The maximum atomic E-state index is 4.97. The molecule has 1 fully saturated rings. The molecule has 0 aromatic heterocycles. The smallest absolute Gasteiger partial charge is 0.158 e. The fraction of sp³-hybridized carbons (Fsp3) is 0.350. The third-order valence-electron chi connectivity index (χ3n) is 4.76. The van der Waals surface area contributed by atoms with Crippen LogP contribution in [0.4, 0.5) is 0 Å². The number of fused-ring (bicyclic) bond motifs is 1. The molecule has 0 spiro atoms. The van der Waals surface area contributed by atoms with E-state index < -0.39 is 0 Å². The molecule has 0 saturated heterocycles. The van der Waals surface area contributed by atoms with Crippen LogP contribution < -0.4 is 5.32 Å².